The molecule has 1 aliphatic rings. The molecule has 2 aromatic rings. The summed E-state index contributed by atoms with van der Waals surface area (Å²) in [6.45, 7) is -4.52. The van der Waals surface area contributed by atoms with Crippen LogP contribution in [0.25, 0.3) is 10.9 Å². The fourth-order valence-corrected chi connectivity index (χ4v) is 4.76. The molecule has 0 amide bonds. The Morgan fingerprint density at radius 2 is 1.84 bits per heavy atom. The van der Waals surface area contributed by atoms with Crippen LogP contribution in [0.3, 0.4) is 0 Å². The van der Waals surface area contributed by atoms with E-state index in [0.29, 0.717) is 35.7 Å². The lowest BCUT2D eigenvalue weighted by Crippen LogP contribution is -2.29. The molecule has 0 atom stereocenters. The minimum atomic E-state index is -3.38. The molecule has 31 heavy (non-hydrogen) atoms. The summed E-state index contributed by atoms with van der Waals surface area (Å²) in [5.41, 5.74) is 2.18. The van der Waals surface area contributed by atoms with E-state index in [4.69, 9.17) is 18.4 Å². The molecule has 1 saturated heterocycles. The first-order valence-electron chi connectivity index (χ1n) is 12.5. The number of aliphatic carboxylic acids is 2. The van der Waals surface area contributed by atoms with Crippen LogP contribution in [0.15, 0.2) is 36.5 Å². The maximum atomic E-state index is 12.6. The monoisotopic (exact) mass is 457 g/mol. The van der Waals surface area contributed by atoms with Gasteiger partial charge in [-0.3, -0.25) is 0 Å². The normalized spacial score (nSPS) is 18.5. The number of nitrogens with one attached hydrogen (secondary N) is 1. The SMILES string of the molecule is O=C(O)/C=C\C(=O)O.[2H]C([2H])([2H])N(CCc1c[nH]c2ccc(CS(=O)(=O)N3CCCC3)cc12)C([2H])([2H])[2H]. The predicted molar refractivity (Wildman–Crippen MR) is 118 cm³/mol. The van der Waals surface area contributed by atoms with Crippen molar-refractivity contribution >= 4 is 32.9 Å². The van der Waals surface area contributed by atoms with E-state index in [1.165, 1.54) is 4.31 Å². The molecule has 0 aliphatic carbocycles. The summed E-state index contributed by atoms with van der Waals surface area (Å²) in [5.74, 6) is -2.61. The summed E-state index contributed by atoms with van der Waals surface area (Å²) >= 11 is 0. The Morgan fingerprint density at radius 3 is 2.42 bits per heavy atom. The molecule has 1 aliphatic heterocycles. The van der Waals surface area contributed by atoms with Crippen LogP contribution in [-0.4, -0.2) is 78.3 Å². The number of sulfonamides is 1. The maximum absolute atomic E-state index is 12.6. The first-order chi connectivity index (χ1) is 17.0. The summed E-state index contributed by atoms with van der Waals surface area (Å²) in [4.78, 5) is 22.7. The number of carbonyl (C=O) groups is 2. The fourth-order valence-electron chi connectivity index (χ4n) is 3.17. The number of nitrogens with zero attached hydrogens (tertiary/aromatic N) is 2. The Labute approximate surface area is 190 Å². The second kappa shape index (κ2) is 11.1. The van der Waals surface area contributed by atoms with Gasteiger partial charge in [0, 0.05) is 57.1 Å². The highest BCUT2D eigenvalue weighted by Gasteiger charge is 2.25. The molecule has 0 spiro atoms. The largest absolute Gasteiger partial charge is 0.478 e. The van der Waals surface area contributed by atoms with Crippen LogP contribution in [0.2, 0.25) is 0 Å². The second-order valence-corrected chi connectivity index (χ2v) is 8.94. The van der Waals surface area contributed by atoms with Crippen LogP contribution in [-0.2, 0) is 31.8 Å². The molecular formula is C21H29N3O6S. The van der Waals surface area contributed by atoms with Gasteiger partial charge in [-0.05, 0) is 56.5 Å². The number of fused-ring (bicyclic) bond motifs is 1. The summed E-state index contributed by atoms with van der Waals surface area (Å²) in [6, 6.07) is 5.33. The zero-order chi connectivity index (χ0) is 28.0. The molecule has 1 fully saturated rings. The minimum Gasteiger partial charge on any atom is -0.478 e. The number of carboxylic acid groups (broad SMARTS) is 2. The number of hydrogen-bond donors (Lipinski definition) is 3. The zero-order valence-electron chi connectivity index (χ0n) is 22.7. The third-order valence-corrected chi connectivity index (χ3v) is 6.46. The number of aromatic nitrogens is 1. The predicted octanol–water partition coefficient (Wildman–Crippen LogP) is 1.91. The van der Waals surface area contributed by atoms with Gasteiger partial charge in [-0.2, -0.15) is 0 Å². The van der Waals surface area contributed by atoms with Crippen LogP contribution in [0, 0.1) is 0 Å². The van der Waals surface area contributed by atoms with E-state index >= 15 is 0 Å². The van der Waals surface area contributed by atoms with Crippen LogP contribution in [0.4, 0.5) is 0 Å². The summed E-state index contributed by atoms with van der Waals surface area (Å²) in [5, 5.41) is 16.4. The van der Waals surface area contributed by atoms with E-state index in [2.05, 4.69) is 4.98 Å². The Bertz CT molecular complexity index is 1200. The number of benzene rings is 1. The number of aromatic amines is 1. The van der Waals surface area contributed by atoms with Crippen molar-refractivity contribution in [2.75, 3.05) is 33.6 Å². The van der Waals surface area contributed by atoms with E-state index in [-0.39, 0.29) is 18.7 Å². The number of carboxylic acids is 2. The smallest absolute Gasteiger partial charge is 0.328 e. The molecule has 3 N–H and O–H groups in total. The van der Waals surface area contributed by atoms with Crippen LogP contribution in [0.1, 0.15) is 32.2 Å². The molecule has 0 saturated carbocycles. The molecule has 0 unspecified atom stereocenters. The van der Waals surface area contributed by atoms with Crippen molar-refractivity contribution in [3.8, 4) is 0 Å². The van der Waals surface area contributed by atoms with Gasteiger partial charge in [-0.25, -0.2) is 22.3 Å². The van der Waals surface area contributed by atoms with Crippen molar-refractivity contribution in [1.29, 1.82) is 0 Å². The second-order valence-electron chi connectivity index (χ2n) is 6.97. The number of hydrogen-bond acceptors (Lipinski definition) is 5. The van der Waals surface area contributed by atoms with E-state index < -0.39 is 35.9 Å². The molecule has 0 bridgehead atoms. The van der Waals surface area contributed by atoms with Crippen molar-refractivity contribution in [2.45, 2.75) is 25.0 Å². The molecule has 9 nitrogen and oxygen atoms in total. The van der Waals surface area contributed by atoms with Crippen LogP contribution < -0.4 is 0 Å². The average Bonchev–Trinajstić information content (AvgIpc) is 3.42. The molecule has 170 valence electrons. The minimum absolute atomic E-state index is 0.0930. The van der Waals surface area contributed by atoms with Crippen molar-refractivity contribution in [3.05, 3.63) is 47.7 Å². The molecular weight excluding hydrogens is 422 g/mol. The van der Waals surface area contributed by atoms with Gasteiger partial charge in [-0.15, -0.1) is 0 Å². The standard InChI is InChI=1S/C17H25N3O2S.C4H4O4/c1-19(2)10-7-15-12-18-17-6-5-14(11-16(15)17)13-23(21,22)20-8-3-4-9-20;5-3(6)1-2-4(7)8/h5-6,11-12,18H,3-4,7-10,13H2,1-2H3;1-2H,(H,5,6)(H,7,8)/b;2-1-/i1D3,2D3;. The van der Waals surface area contributed by atoms with Gasteiger partial charge in [0.15, 0.2) is 0 Å². The quantitative estimate of drug-likeness (QED) is 0.516. The van der Waals surface area contributed by atoms with E-state index in [0.717, 1.165) is 29.3 Å². The van der Waals surface area contributed by atoms with E-state index in [9.17, 15) is 18.0 Å². The van der Waals surface area contributed by atoms with Gasteiger partial charge in [0.05, 0.1) is 5.75 Å². The first-order valence-corrected chi connectivity index (χ1v) is 11.1. The van der Waals surface area contributed by atoms with Crippen LogP contribution in [0.5, 0.6) is 0 Å². The molecule has 3 rings (SSSR count). The number of likely N-dealkylation sites (N-methyl/N-ethyl adjacent to an activating group) is 1. The van der Waals surface area contributed by atoms with Crippen LogP contribution >= 0.6 is 0 Å². The summed E-state index contributed by atoms with van der Waals surface area (Å²) in [6.07, 6.45) is 4.79. The highest BCUT2D eigenvalue weighted by Crippen LogP contribution is 2.23. The molecule has 1 aromatic heterocycles. The van der Waals surface area contributed by atoms with Crippen molar-refractivity contribution < 1.29 is 36.4 Å². The number of H-pyrrole nitrogens is 1. The summed E-state index contributed by atoms with van der Waals surface area (Å²) < 4.78 is 71.5. The van der Waals surface area contributed by atoms with Gasteiger partial charge in [-0.1, -0.05) is 6.07 Å². The average molecular weight is 458 g/mol. The lowest BCUT2D eigenvalue weighted by molar-refractivity contribution is -0.134. The Hall–Kier alpha value is -2.69. The molecule has 1 aromatic carbocycles. The maximum Gasteiger partial charge on any atom is 0.328 e. The van der Waals surface area contributed by atoms with E-state index in [1.54, 1.807) is 24.4 Å². The fraction of sp³-hybridized carbons (Fsp3) is 0.429. The van der Waals surface area contributed by atoms with Gasteiger partial charge >= 0.3 is 11.9 Å². The highest BCUT2D eigenvalue weighted by atomic mass is 32.2. The Balaban J connectivity index is 0.000000521. The lowest BCUT2D eigenvalue weighted by Gasteiger charge is -2.15. The van der Waals surface area contributed by atoms with Crippen molar-refractivity contribution in [1.82, 2.24) is 14.2 Å². The van der Waals surface area contributed by atoms with Gasteiger partial charge < -0.3 is 20.1 Å². The zero-order valence-corrected chi connectivity index (χ0v) is 17.6. The third kappa shape index (κ3) is 7.82. The number of rotatable bonds is 8. The molecule has 10 heteroatoms. The highest BCUT2D eigenvalue weighted by molar-refractivity contribution is 7.88. The Kier molecular flexibility index (Phi) is 6.05. The topological polar surface area (TPSA) is 131 Å². The van der Waals surface area contributed by atoms with Gasteiger partial charge in [0.2, 0.25) is 10.0 Å². The van der Waals surface area contributed by atoms with Crippen molar-refractivity contribution in [2.24, 2.45) is 0 Å². The third-order valence-electron chi connectivity index (χ3n) is 4.61. The van der Waals surface area contributed by atoms with Gasteiger partial charge in [0.1, 0.15) is 0 Å². The van der Waals surface area contributed by atoms with Gasteiger partial charge in [0.25, 0.3) is 0 Å². The summed E-state index contributed by atoms with van der Waals surface area (Å²) in [7, 11) is -3.38. The Morgan fingerprint density at radius 1 is 1.19 bits per heavy atom. The van der Waals surface area contributed by atoms with E-state index in [1.807, 2.05) is 0 Å². The van der Waals surface area contributed by atoms with Crippen molar-refractivity contribution in [3.63, 3.8) is 0 Å². The molecule has 0 radical (unpaired) electrons. The first kappa shape index (κ1) is 16.9. The lowest BCUT2D eigenvalue weighted by atomic mass is 10.1. The molecule has 2 heterocycles.